The molecule has 2 aliphatic carbocycles. The number of nitrogens with zero attached hydrogens (tertiary/aromatic N) is 2. The van der Waals surface area contributed by atoms with Crippen molar-refractivity contribution >= 4 is 6.29 Å². The van der Waals surface area contributed by atoms with E-state index >= 15 is 0 Å². The molecule has 0 aromatic carbocycles. The maximum Gasteiger partial charge on any atom is 0.160 e. The van der Waals surface area contributed by atoms with Gasteiger partial charge in [0, 0.05) is 17.9 Å². The van der Waals surface area contributed by atoms with Crippen LogP contribution < -0.4 is 4.74 Å². The van der Waals surface area contributed by atoms with Gasteiger partial charge in [-0.25, -0.2) is 0 Å². The van der Waals surface area contributed by atoms with Gasteiger partial charge < -0.3 is 9.53 Å². The molecule has 4 heteroatoms. The molecule has 1 saturated carbocycles. The van der Waals surface area contributed by atoms with E-state index in [4.69, 9.17) is 4.74 Å². The van der Waals surface area contributed by atoms with E-state index < -0.39 is 0 Å². The SMILES string of the molecule is CCn1cc(OC[C@@]2(C3C=CC=CC3)C[C@H]2C=O)c(C)n1. The normalized spacial score (nSPS) is 30.4. The van der Waals surface area contributed by atoms with Gasteiger partial charge in [0.2, 0.25) is 0 Å². The molecule has 4 nitrogen and oxygen atoms in total. The fourth-order valence-corrected chi connectivity index (χ4v) is 3.26. The van der Waals surface area contributed by atoms with Crippen LogP contribution in [0.4, 0.5) is 0 Å². The third-order valence-corrected chi connectivity index (χ3v) is 4.78. The van der Waals surface area contributed by atoms with Gasteiger partial charge in [0.15, 0.2) is 5.75 Å². The van der Waals surface area contributed by atoms with Crippen molar-refractivity contribution in [1.82, 2.24) is 9.78 Å². The highest BCUT2D eigenvalue weighted by atomic mass is 16.5. The van der Waals surface area contributed by atoms with E-state index in [-0.39, 0.29) is 11.3 Å². The summed E-state index contributed by atoms with van der Waals surface area (Å²) in [7, 11) is 0. The average molecular weight is 286 g/mol. The highest BCUT2D eigenvalue weighted by Gasteiger charge is 2.58. The van der Waals surface area contributed by atoms with Crippen molar-refractivity contribution < 1.29 is 9.53 Å². The number of hydrogen-bond donors (Lipinski definition) is 0. The van der Waals surface area contributed by atoms with Crippen LogP contribution in [-0.4, -0.2) is 22.7 Å². The zero-order valence-corrected chi connectivity index (χ0v) is 12.7. The molecule has 1 unspecified atom stereocenters. The van der Waals surface area contributed by atoms with E-state index in [9.17, 15) is 4.79 Å². The first kappa shape index (κ1) is 14.1. The van der Waals surface area contributed by atoms with Crippen molar-refractivity contribution in [3.05, 3.63) is 36.2 Å². The number of aldehydes is 1. The van der Waals surface area contributed by atoms with Gasteiger partial charge in [0.25, 0.3) is 0 Å². The van der Waals surface area contributed by atoms with Gasteiger partial charge in [-0.15, -0.1) is 0 Å². The van der Waals surface area contributed by atoms with Crippen LogP contribution in [0.15, 0.2) is 30.5 Å². The van der Waals surface area contributed by atoms with Crippen LogP contribution in [0.2, 0.25) is 0 Å². The maximum absolute atomic E-state index is 11.2. The number of hydrogen-bond acceptors (Lipinski definition) is 3. The molecule has 1 aromatic heterocycles. The molecule has 0 saturated heterocycles. The van der Waals surface area contributed by atoms with E-state index in [2.05, 4.69) is 36.3 Å². The second kappa shape index (κ2) is 5.51. The molecule has 1 fully saturated rings. The molecular formula is C17H22N2O2. The molecule has 0 N–H and O–H groups in total. The lowest BCUT2D eigenvalue weighted by molar-refractivity contribution is -0.109. The summed E-state index contributed by atoms with van der Waals surface area (Å²) in [5.74, 6) is 1.36. The Balaban J connectivity index is 1.71. The molecule has 3 atom stereocenters. The quantitative estimate of drug-likeness (QED) is 0.755. The molecule has 0 bridgehead atoms. The molecule has 2 aliphatic rings. The molecule has 0 radical (unpaired) electrons. The van der Waals surface area contributed by atoms with Crippen LogP contribution in [0.5, 0.6) is 5.75 Å². The van der Waals surface area contributed by atoms with Crippen molar-refractivity contribution in [2.45, 2.75) is 33.2 Å². The summed E-state index contributed by atoms with van der Waals surface area (Å²) in [6.45, 7) is 5.44. The molecule has 0 spiro atoms. The van der Waals surface area contributed by atoms with Crippen LogP contribution >= 0.6 is 0 Å². The second-order valence-corrected chi connectivity index (χ2v) is 6.06. The molecule has 3 rings (SSSR count). The summed E-state index contributed by atoms with van der Waals surface area (Å²) in [6.07, 6.45) is 13.5. The van der Waals surface area contributed by atoms with E-state index in [1.807, 2.05) is 17.8 Å². The average Bonchev–Trinajstić information content (AvgIpc) is 3.14. The Morgan fingerprint density at radius 2 is 2.38 bits per heavy atom. The van der Waals surface area contributed by atoms with Crippen molar-refractivity contribution in [1.29, 1.82) is 0 Å². The number of allylic oxidation sites excluding steroid dienone is 4. The van der Waals surface area contributed by atoms with Crippen LogP contribution in [0.25, 0.3) is 0 Å². The zero-order chi connectivity index (χ0) is 14.9. The van der Waals surface area contributed by atoms with Gasteiger partial charge in [-0.2, -0.15) is 5.10 Å². The minimum atomic E-state index is -0.0240. The van der Waals surface area contributed by atoms with Gasteiger partial charge in [-0.3, -0.25) is 4.68 Å². The summed E-state index contributed by atoms with van der Waals surface area (Å²) in [5, 5.41) is 4.40. The molecule has 112 valence electrons. The first-order valence-electron chi connectivity index (χ1n) is 7.65. The minimum Gasteiger partial charge on any atom is -0.489 e. The Bertz CT molecular complexity index is 588. The lowest BCUT2D eigenvalue weighted by Crippen LogP contribution is -2.25. The van der Waals surface area contributed by atoms with Gasteiger partial charge in [-0.1, -0.05) is 24.3 Å². The molecule has 0 aliphatic heterocycles. The Morgan fingerprint density at radius 1 is 1.52 bits per heavy atom. The third kappa shape index (κ3) is 2.55. The molecule has 0 amide bonds. The van der Waals surface area contributed by atoms with Crippen molar-refractivity contribution in [2.24, 2.45) is 17.3 Å². The number of ether oxygens (including phenoxy) is 1. The van der Waals surface area contributed by atoms with Gasteiger partial charge in [-0.05, 0) is 32.6 Å². The largest absolute Gasteiger partial charge is 0.489 e. The van der Waals surface area contributed by atoms with Crippen molar-refractivity contribution in [3.8, 4) is 5.75 Å². The van der Waals surface area contributed by atoms with Crippen LogP contribution in [0, 0.1) is 24.2 Å². The first-order valence-corrected chi connectivity index (χ1v) is 7.65. The Morgan fingerprint density at radius 3 is 2.95 bits per heavy atom. The number of carbonyl (C=O) groups is 1. The first-order chi connectivity index (χ1) is 10.2. The maximum atomic E-state index is 11.2. The van der Waals surface area contributed by atoms with Gasteiger partial charge in [0.1, 0.15) is 12.0 Å². The van der Waals surface area contributed by atoms with Crippen LogP contribution in [0.1, 0.15) is 25.5 Å². The lowest BCUT2D eigenvalue weighted by atomic mass is 9.83. The molecule has 1 aromatic rings. The van der Waals surface area contributed by atoms with Crippen molar-refractivity contribution in [2.75, 3.05) is 6.61 Å². The van der Waals surface area contributed by atoms with Crippen LogP contribution in [0.3, 0.4) is 0 Å². The second-order valence-electron chi connectivity index (χ2n) is 6.06. The number of aromatic nitrogens is 2. The predicted octanol–water partition coefficient (Wildman–Crippen LogP) is 2.93. The van der Waals surface area contributed by atoms with E-state index in [1.165, 1.54) is 0 Å². The smallest absolute Gasteiger partial charge is 0.160 e. The highest BCUT2D eigenvalue weighted by molar-refractivity contribution is 5.61. The molecule has 1 heterocycles. The zero-order valence-electron chi connectivity index (χ0n) is 12.7. The summed E-state index contributed by atoms with van der Waals surface area (Å²) in [5.41, 5.74) is 0.887. The fraction of sp³-hybridized carbons (Fsp3) is 0.529. The topological polar surface area (TPSA) is 44.1 Å². The van der Waals surface area contributed by atoms with E-state index in [1.54, 1.807) is 0 Å². The van der Waals surface area contributed by atoms with Gasteiger partial charge in [0.05, 0.1) is 12.8 Å². The van der Waals surface area contributed by atoms with Gasteiger partial charge >= 0.3 is 0 Å². The predicted molar refractivity (Wildman–Crippen MR) is 81.1 cm³/mol. The summed E-state index contributed by atoms with van der Waals surface area (Å²) < 4.78 is 7.91. The fourth-order valence-electron chi connectivity index (χ4n) is 3.26. The Hall–Kier alpha value is -1.84. The van der Waals surface area contributed by atoms with Crippen molar-refractivity contribution in [3.63, 3.8) is 0 Å². The third-order valence-electron chi connectivity index (χ3n) is 4.78. The highest BCUT2D eigenvalue weighted by Crippen LogP contribution is 2.58. The number of aryl methyl sites for hydroxylation is 2. The summed E-state index contributed by atoms with van der Waals surface area (Å²) in [4.78, 5) is 11.2. The Kier molecular flexibility index (Phi) is 3.70. The van der Waals surface area contributed by atoms with E-state index in [0.29, 0.717) is 12.5 Å². The molecular weight excluding hydrogens is 264 g/mol. The number of carbonyl (C=O) groups excluding carboxylic acids is 1. The minimum absolute atomic E-state index is 0.0240. The standard InChI is InChI=1S/C17H22N2O2/c1-3-19-10-16(13(2)18-19)21-12-17(9-15(17)11-20)14-7-5-4-6-8-14/h4-7,10-11,14-15H,3,8-9,12H2,1-2H3/t14?,15-,17+/m0/s1. The monoisotopic (exact) mass is 286 g/mol. The van der Waals surface area contributed by atoms with E-state index in [0.717, 1.165) is 37.1 Å². The Labute approximate surface area is 125 Å². The molecule has 21 heavy (non-hydrogen) atoms. The lowest BCUT2D eigenvalue weighted by Gasteiger charge is -2.25. The number of rotatable bonds is 6. The summed E-state index contributed by atoms with van der Waals surface area (Å²) >= 11 is 0. The summed E-state index contributed by atoms with van der Waals surface area (Å²) in [6, 6.07) is 0. The van der Waals surface area contributed by atoms with Crippen LogP contribution in [-0.2, 0) is 11.3 Å².